The fraction of sp³-hybridized carbons (Fsp3) is 0.333. The third kappa shape index (κ3) is 2.48. The fourth-order valence-corrected chi connectivity index (χ4v) is 2.58. The van der Waals surface area contributed by atoms with Gasteiger partial charge in [-0.2, -0.15) is 0 Å². The van der Waals surface area contributed by atoms with Gasteiger partial charge in [-0.25, -0.2) is 9.13 Å². The summed E-state index contributed by atoms with van der Waals surface area (Å²) in [5, 5.41) is 1.25. The van der Waals surface area contributed by atoms with Gasteiger partial charge in [-0.15, -0.1) is 0 Å². The minimum atomic E-state index is -2.55. The lowest BCUT2D eigenvalue weighted by atomic mass is 10.1. The number of rotatable bonds is 4. The molecule has 0 fully saturated rings. The highest BCUT2D eigenvalue weighted by Gasteiger charge is 2.11. The third-order valence-corrected chi connectivity index (χ3v) is 3.56. The smallest absolute Gasteiger partial charge is 0.349 e. The van der Waals surface area contributed by atoms with Crippen molar-refractivity contribution in [2.45, 2.75) is 6.42 Å². The van der Waals surface area contributed by atoms with Crippen molar-refractivity contribution in [2.75, 3.05) is 20.6 Å². The molecule has 0 saturated heterocycles. The van der Waals surface area contributed by atoms with Gasteiger partial charge < -0.3 is 9.88 Å². The number of hydrogen-bond acceptors (Lipinski definition) is 3. The topological polar surface area (TPSA) is 53.2 Å². The van der Waals surface area contributed by atoms with E-state index in [9.17, 15) is 9.13 Å². The summed E-state index contributed by atoms with van der Waals surface area (Å²) in [6.07, 6.45) is 2.74. The van der Waals surface area contributed by atoms with Gasteiger partial charge in [-0.1, -0.05) is 6.07 Å². The van der Waals surface area contributed by atoms with Gasteiger partial charge >= 0.3 is 7.68 Å². The van der Waals surface area contributed by atoms with E-state index in [1.807, 2.05) is 26.4 Å². The lowest BCUT2D eigenvalue weighted by Crippen LogP contribution is -2.15. The highest BCUT2D eigenvalue weighted by atomic mass is 31.1. The zero-order chi connectivity index (χ0) is 12.4. The largest absolute Gasteiger partial charge is 0.361 e. The Labute approximate surface area is 100 Å². The molecule has 17 heavy (non-hydrogen) atoms. The molecule has 1 aromatic heterocycles. The number of H-pyrrole nitrogens is 1. The number of hydrogen-bond donors (Lipinski definition) is 1. The van der Waals surface area contributed by atoms with Crippen molar-refractivity contribution in [1.29, 1.82) is 0 Å². The normalized spacial score (nSPS) is 11.2. The molecule has 0 unspecified atom stereocenters. The van der Waals surface area contributed by atoms with Crippen LogP contribution in [-0.2, 0) is 15.6 Å². The molecule has 1 heterocycles. The third-order valence-electron chi connectivity index (χ3n) is 2.79. The molecule has 2 rings (SSSR count). The zero-order valence-corrected chi connectivity index (χ0v) is 10.8. The molecule has 90 valence electrons. The minimum absolute atomic E-state index is 0.410. The summed E-state index contributed by atoms with van der Waals surface area (Å²) < 4.78 is 22.4. The van der Waals surface area contributed by atoms with E-state index in [1.54, 1.807) is 12.1 Å². The molecule has 0 spiro atoms. The maximum Gasteiger partial charge on any atom is 0.349 e. The van der Waals surface area contributed by atoms with E-state index in [-0.39, 0.29) is 0 Å². The highest BCUT2D eigenvalue weighted by Crippen LogP contribution is 2.21. The average molecular weight is 250 g/mol. The first-order chi connectivity index (χ1) is 8.09. The zero-order valence-electron chi connectivity index (χ0n) is 9.93. The molecule has 0 aliphatic rings. The highest BCUT2D eigenvalue weighted by molar-refractivity contribution is 7.41. The van der Waals surface area contributed by atoms with Gasteiger partial charge in [-0.05, 0) is 38.2 Å². The second-order valence-electron chi connectivity index (χ2n) is 4.32. The fourth-order valence-electron chi connectivity index (χ4n) is 1.93. The predicted octanol–water partition coefficient (Wildman–Crippen LogP) is 2.07. The van der Waals surface area contributed by atoms with E-state index < -0.39 is 7.68 Å². The number of aromatic amines is 1. The second-order valence-corrected chi connectivity index (χ2v) is 5.32. The summed E-state index contributed by atoms with van der Waals surface area (Å²) in [5.41, 5.74) is 1.94. The molecule has 1 N–H and O–H groups in total. The molecule has 4 nitrogen and oxygen atoms in total. The van der Waals surface area contributed by atoms with Gasteiger partial charge in [0.15, 0.2) is 0 Å². The number of fused-ring (bicyclic) bond motifs is 1. The van der Waals surface area contributed by atoms with Crippen LogP contribution in [0, 0.1) is 0 Å². The van der Waals surface area contributed by atoms with Gasteiger partial charge in [-0.3, -0.25) is 0 Å². The van der Waals surface area contributed by atoms with Crippen LogP contribution in [0.5, 0.6) is 0 Å². The van der Waals surface area contributed by atoms with Crippen LogP contribution in [0.25, 0.3) is 10.9 Å². The number of likely N-dealkylation sites (N-methyl/N-ethyl adjacent to an activating group) is 1. The van der Waals surface area contributed by atoms with Crippen LogP contribution in [0.1, 0.15) is 5.56 Å². The monoisotopic (exact) mass is 250 g/mol. The first-order valence-corrected chi connectivity index (χ1v) is 6.65. The van der Waals surface area contributed by atoms with Gasteiger partial charge in [0.05, 0.1) is 5.30 Å². The van der Waals surface area contributed by atoms with Crippen LogP contribution < -0.4 is 5.30 Å². The Morgan fingerprint density at radius 1 is 1.29 bits per heavy atom. The Bertz CT molecular complexity index is 592. The van der Waals surface area contributed by atoms with Crippen LogP contribution in [-0.4, -0.2) is 30.5 Å². The first kappa shape index (κ1) is 12.1. The standard InChI is InChI=1S/C12H15N2O2P/c1-14(2)7-6-9-8-13-10-4-3-5-11(12(9)10)17(15)16/h3-5,8,13H,6-7H2,1-2H3. The van der Waals surface area contributed by atoms with Crippen molar-refractivity contribution >= 4 is 23.9 Å². The lowest BCUT2D eigenvalue weighted by Gasteiger charge is -2.08. The maximum atomic E-state index is 11.2. The van der Waals surface area contributed by atoms with E-state index in [4.69, 9.17) is 0 Å². The summed E-state index contributed by atoms with van der Waals surface area (Å²) >= 11 is 0. The van der Waals surface area contributed by atoms with Gasteiger partial charge in [0.25, 0.3) is 0 Å². The van der Waals surface area contributed by atoms with Crippen LogP contribution in [0.15, 0.2) is 24.4 Å². The Balaban J connectivity index is 2.50. The molecule has 0 atom stereocenters. The molecule has 1 aromatic carbocycles. The quantitative estimate of drug-likeness (QED) is 0.845. The van der Waals surface area contributed by atoms with E-state index in [0.29, 0.717) is 5.30 Å². The minimum Gasteiger partial charge on any atom is -0.361 e. The van der Waals surface area contributed by atoms with Crippen LogP contribution in [0.2, 0.25) is 0 Å². The molecule has 0 aliphatic carbocycles. The van der Waals surface area contributed by atoms with Crippen LogP contribution in [0.3, 0.4) is 0 Å². The molecule has 0 bridgehead atoms. The van der Waals surface area contributed by atoms with Crippen molar-refractivity contribution in [3.63, 3.8) is 0 Å². The number of benzene rings is 1. The van der Waals surface area contributed by atoms with E-state index >= 15 is 0 Å². The van der Waals surface area contributed by atoms with E-state index in [1.165, 1.54) is 0 Å². The molecule has 0 aliphatic heterocycles. The average Bonchev–Trinajstić information content (AvgIpc) is 2.69. The summed E-state index contributed by atoms with van der Waals surface area (Å²) in [5.74, 6) is 0. The Morgan fingerprint density at radius 2 is 2.06 bits per heavy atom. The summed E-state index contributed by atoms with van der Waals surface area (Å²) in [7, 11) is 1.46. The molecule has 0 radical (unpaired) electrons. The SMILES string of the molecule is CN(C)CCc1c[nH]c2cccc(P(=O)=O)c12. The molecular weight excluding hydrogens is 235 g/mol. The molecule has 5 heteroatoms. The maximum absolute atomic E-state index is 11.2. The van der Waals surface area contributed by atoms with Gasteiger partial charge in [0.2, 0.25) is 0 Å². The van der Waals surface area contributed by atoms with Crippen LogP contribution >= 0.6 is 7.68 Å². The Hall–Kier alpha value is -1.38. The van der Waals surface area contributed by atoms with Crippen LogP contribution in [0.4, 0.5) is 0 Å². The van der Waals surface area contributed by atoms with Crippen molar-refractivity contribution < 1.29 is 9.13 Å². The molecule has 2 aromatic rings. The van der Waals surface area contributed by atoms with Crippen molar-refractivity contribution in [1.82, 2.24) is 9.88 Å². The van der Waals surface area contributed by atoms with Crippen molar-refractivity contribution in [3.05, 3.63) is 30.0 Å². The van der Waals surface area contributed by atoms with E-state index in [0.717, 1.165) is 29.4 Å². The first-order valence-electron chi connectivity index (χ1n) is 5.47. The predicted molar refractivity (Wildman–Crippen MR) is 68.5 cm³/mol. The number of nitrogens with one attached hydrogen (secondary N) is 1. The number of aromatic nitrogens is 1. The Kier molecular flexibility index (Phi) is 3.46. The van der Waals surface area contributed by atoms with E-state index in [2.05, 4.69) is 9.88 Å². The number of nitrogens with zero attached hydrogens (tertiary/aromatic N) is 1. The van der Waals surface area contributed by atoms with Gasteiger partial charge in [0, 0.05) is 23.6 Å². The second kappa shape index (κ2) is 4.86. The molecular formula is C12H15N2O2P. The summed E-state index contributed by atoms with van der Waals surface area (Å²) in [6, 6.07) is 5.31. The van der Waals surface area contributed by atoms with Gasteiger partial charge in [0.1, 0.15) is 0 Å². The van der Waals surface area contributed by atoms with Crippen molar-refractivity contribution in [2.24, 2.45) is 0 Å². The summed E-state index contributed by atoms with van der Waals surface area (Å²) in [4.78, 5) is 5.20. The Morgan fingerprint density at radius 3 is 2.71 bits per heavy atom. The lowest BCUT2D eigenvalue weighted by molar-refractivity contribution is 0.414. The molecule has 0 amide bonds. The molecule has 0 saturated carbocycles. The summed E-state index contributed by atoms with van der Waals surface area (Å²) in [6.45, 7) is 0.900. The van der Waals surface area contributed by atoms with Crippen molar-refractivity contribution in [3.8, 4) is 0 Å².